The van der Waals surface area contributed by atoms with Gasteiger partial charge in [-0.15, -0.1) is 0 Å². The summed E-state index contributed by atoms with van der Waals surface area (Å²) >= 11 is 0. The molecule has 8 heteroatoms. The quantitative estimate of drug-likeness (QED) is 0.762. The zero-order valence-electron chi connectivity index (χ0n) is 12.1. The molecule has 1 atom stereocenters. The largest absolute Gasteiger partial charge is 0.396 e. The molecule has 0 aliphatic carbocycles. The van der Waals surface area contributed by atoms with Crippen LogP contribution in [0.4, 0.5) is 11.4 Å². The summed E-state index contributed by atoms with van der Waals surface area (Å²) in [5.74, 6) is -0.0205. The van der Waals surface area contributed by atoms with Crippen molar-refractivity contribution in [3.05, 3.63) is 18.2 Å². The standard InChI is InChI=1S/C13H20N4O3S/c1-16(2)13(18)10-6-4-8-17(10)9-5-3-7-11(12(9)14)21(15,19)20/h3,5,7,10H,4,6,8,14H2,1-2H3,(H2,15,19,20). The highest BCUT2D eigenvalue weighted by atomic mass is 32.2. The van der Waals surface area contributed by atoms with E-state index in [0.717, 1.165) is 12.8 Å². The lowest BCUT2D eigenvalue weighted by Gasteiger charge is -2.29. The molecule has 21 heavy (non-hydrogen) atoms. The van der Waals surface area contributed by atoms with Gasteiger partial charge in [-0.25, -0.2) is 13.6 Å². The molecule has 1 unspecified atom stereocenters. The van der Waals surface area contributed by atoms with Gasteiger partial charge >= 0.3 is 0 Å². The number of rotatable bonds is 3. The Morgan fingerprint density at radius 2 is 2.05 bits per heavy atom. The number of amides is 1. The van der Waals surface area contributed by atoms with E-state index in [4.69, 9.17) is 10.9 Å². The van der Waals surface area contributed by atoms with Gasteiger partial charge in [0.25, 0.3) is 0 Å². The summed E-state index contributed by atoms with van der Waals surface area (Å²) in [6, 6.07) is 4.34. The predicted octanol–water partition coefficient (Wildman–Crippen LogP) is -0.0268. The molecule has 0 bridgehead atoms. The summed E-state index contributed by atoms with van der Waals surface area (Å²) in [6.07, 6.45) is 1.57. The number of nitrogens with zero attached hydrogens (tertiary/aromatic N) is 2. The fourth-order valence-corrected chi connectivity index (χ4v) is 3.32. The number of hydrogen-bond acceptors (Lipinski definition) is 5. The van der Waals surface area contributed by atoms with E-state index < -0.39 is 10.0 Å². The second kappa shape index (κ2) is 5.53. The molecule has 1 aromatic carbocycles. The summed E-state index contributed by atoms with van der Waals surface area (Å²) in [4.78, 5) is 15.5. The topological polar surface area (TPSA) is 110 Å². The first-order valence-corrected chi connectivity index (χ1v) is 8.17. The molecule has 1 aromatic rings. The average molecular weight is 312 g/mol. The summed E-state index contributed by atoms with van der Waals surface area (Å²) in [6.45, 7) is 0.655. The van der Waals surface area contributed by atoms with Gasteiger partial charge in [0.05, 0.1) is 11.4 Å². The number of benzene rings is 1. The molecule has 1 fully saturated rings. The molecule has 1 aliphatic rings. The summed E-state index contributed by atoms with van der Waals surface area (Å²) in [7, 11) is -0.492. The van der Waals surface area contributed by atoms with Crippen LogP contribution in [0.5, 0.6) is 0 Å². The number of carbonyl (C=O) groups excluding carboxylic acids is 1. The maximum atomic E-state index is 12.2. The molecule has 0 saturated carbocycles. The first-order valence-electron chi connectivity index (χ1n) is 6.62. The minimum absolute atomic E-state index is 0.0205. The van der Waals surface area contributed by atoms with Crippen molar-refractivity contribution < 1.29 is 13.2 Å². The summed E-state index contributed by atoms with van der Waals surface area (Å²) in [5, 5.41) is 5.17. The van der Waals surface area contributed by atoms with Crippen LogP contribution in [0.1, 0.15) is 12.8 Å². The van der Waals surface area contributed by atoms with Gasteiger partial charge in [0.1, 0.15) is 10.9 Å². The van der Waals surface area contributed by atoms with E-state index in [0.29, 0.717) is 12.2 Å². The maximum absolute atomic E-state index is 12.2. The van der Waals surface area contributed by atoms with Crippen LogP contribution < -0.4 is 15.8 Å². The third-order valence-electron chi connectivity index (χ3n) is 3.64. The molecule has 116 valence electrons. The normalized spacial score (nSPS) is 18.8. The number of likely N-dealkylation sites (N-methyl/N-ethyl adjacent to an activating group) is 1. The number of primary sulfonamides is 1. The van der Waals surface area contributed by atoms with Gasteiger partial charge in [-0.2, -0.15) is 0 Å². The van der Waals surface area contributed by atoms with Gasteiger partial charge in [0.2, 0.25) is 15.9 Å². The third-order valence-corrected chi connectivity index (χ3v) is 4.61. The van der Waals surface area contributed by atoms with Gasteiger partial charge in [-0.3, -0.25) is 4.79 Å². The van der Waals surface area contributed by atoms with Gasteiger partial charge in [0.15, 0.2) is 0 Å². The van der Waals surface area contributed by atoms with Crippen molar-refractivity contribution in [2.45, 2.75) is 23.8 Å². The summed E-state index contributed by atoms with van der Waals surface area (Å²) < 4.78 is 23.1. The Labute approximate surface area is 124 Å². The van der Waals surface area contributed by atoms with E-state index in [-0.39, 0.29) is 22.5 Å². The van der Waals surface area contributed by atoms with Crippen LogP contribution in [0.3, 0.4) is 0 Å². The molecule has 1 saturated heterocycles. The van der Waals surface area contributed by atoms with Crippen molar-refractivity contribution in [3.8, 4) is 0 Å². The molecule has 2 rings (SSSR count). The van der Waals surface area contributed by atoms with E-state index in [1.807, 2.05) is 4.90 Å². The molecular formula is C13H20N4O3S. The van der Waals surface area contributed by atoms with Gasteiger partial charge in [-0.1, -0.05) is 6.07 Å². The Morgan fingerprint density at radius 3 is 2.62 bits per heavy atom. The van der Waals surface area contributed by atoms with Crippen LogP contribution in [0.25, 0.3) is 0 Å². The zero-order valence-corrected chi connectivity index (χ0v) is 12.9. The van der Waals surface area contributed by atoms with Crippen LogP contribution in [-0.2, 0) is 14.8 Å². The van der Waals surface area contributed by atoms with Gasteiger partial charge in [0, 0.05) is 20.6 Å². The molecule has 4 N–H and O–H groups in total. The minimum Gasteiger partial charge on any atom is -0.396 e. The lowest BCUT2D eigenvalue weighted by Crippen LogP contribution is -2.43. The highest BCUT2D eigenvalue weighted by Gasteiger charge is 2.33. The zero-order chi connectivity index (χ0) is 15.8. The number of carbonyl (C=O) groups is 1. The smallest absolute Gasteiger partial charge is 0.244 e. The van der Waals surface area contributed by atoms with Crippen molar-refractivity contribution in [1.29, 1.82) is 0 Å². The van der Waals surface area contributed by atoms with E-state index >= 15 is 0 Å². The highest BCUT2D eigenvalue weighted by Crippen LogP contribution is 2.34. The third kappa shape index (κ3) is 2.96. The van der Waals surface area contributed by atoms with Crippen molar-refractivity contribution in [2.75, 3.05) is 31.3 Å². The Hall–Kier alpha value is -1.80. The first kappa shape index (κ1) is 15.6. The Morgan fingerprint density at radius 1 is 1.38 bits per heavy atom. The number of anilines is 2. The number of para-hydroxylation sites is 1. The molecule has 1 aliphatic heterocycles. The van der Waals surface area contributed by atoms with Crippen LogP contribution in [0.2, 0.25) is 0 Å². The van der Waals surface area contributed by atoms with Gasteiger partial charge in [-0.05, 0) is 25.0 Å². The highest BCUT2D eigenvalue weighted by molar-refractivity contribution is 7.89. The fraction of sp³-hybridized carbons (Fsp3) is 0.462. The Bertz CT molecular complexity index is 657. The van der Waals surface area contributed by atoms with Crippen LogP contribution >= 0.6 is 0 Å². The number of nitrogens with two attached hydrogens (primary N) is 2. The van der Waals surface area contributed by atoms with E-state index in [1.54, 1.807) is 26.2 Å². The monoisotopic (exact) mass is 312 g/mol. The van der Waals surface area contributed by atoms with Crippen LogP contribution in [0.15, 0.2) is 23.1 Å². The Kier molecular flexibility index (Phi) is 4.11. The van der Waals surface area contributed by atoms with E-state index in [1.165, 1.54) is 11.0 Å². The predicted molar refractivity (Wildman–Crippen MR) is 81.3 cm³/mol. The average Bonchev–Trinajstić information content (AvgIpc) is 2.85. The SMILES string of the molecule is CN(C)C(=O)C1CCCN1c1cccc(S(N)(=O)=O)c1N. The molecule has 0 radical (unpaired) electrons. The van der Waals surface area contributed by atoms with Crippen molar-refractivity contribution in [2.24, 2.45) is 5.14 Å². The van der Waals surface area contributed by atoms with Gasteiger partial charge < -0.3 is 15.5 Å². The molecular weight excluding hydrogens is 292 g/mol. The van der Waals surface area contributed by atoms with Crippen LogP contribution in [-0.4, -0.2) is 45.9 Å². The lowest BCUT2D eigenvalue weighted by atomic mass is 10.1. The molecule has 0 aromatic heterocycles. The van der Waals surface area contributed by atoms with Crippen LogP contribution in [0, 0.1) is 0 Å². The number of hydrogen-bond donors (Lipinski definition) is 2. The first-order chi connectivity index (χ1) is 9.73. The Balaban J connectivity index is 2.45. The molecule has 7 nitrogen and oxygen atoms in total. The lowest BCUT2D eigenvalue weighted by molar-refractivity contribution is -0.129. The maximum Gasteiger partial charge on any atom is 0.244 e. The van der Waals surface area contributed by atoms with Crippen molar-refractivity contribution in [3.63, 3.8) is 0 Å². The fourth-order valence-electron chi connectivity index (χ4n) is 2.64. The van der Waals surface area contributed by atoms with E-state index in [2.05, 4.69) is 0 Å². The second-order valence-electron chi connectivity index (χ2n) is 5.32. The minimum atomic E-state index is -3.89. The van der Waals surface area contributed by atoms with Crippen molar-refractivity contribution >= 4 is 27.3 Å². The molecule has 0 spiro atoms. The number of sulfonamides is 1. The molecule has 1 amide bonds. The summed E-state index contributed by atoms with van der Waals surface area (Å²) in [5.41, 5.74) is 6.60. The number of nitrogen functional groups attached to an aromatic ring is 1. The van der Waals surface area contributed by atoms with E-state index in [9.17, 15) is 13.2 Å². The second-order valence-corrected chi connectivity index (χ2v) is 6.85. The molecule has 1 heterocycles. The van der Waals surface area contributed by atoms with Crippen molar-refractivity contribution in [1.82, 2.24) is 4.90 Å².